The van der Waals surface area contributed by atoms with Crippen molar-refractivity contribution in [3.8, 4) is 0 Å². The Morgan fingerprint density at radius 1 is 0.833 bits per heavy atom. The summed E-state index contributed by atoms with van der Waals surface area (Å²) in [5, 5.41) is 7.55. The summed E-state index contributed by atoms with van der Waals surface area (Å²) in [6.07, 6.45) is -5.40. The van der Waals surface area contributed by atoms with Gasteiger partial charge in [-0.3, -0.25) is 0 Å². The first-order valence-electron chi connectivity index (χ1n) is 3.66. The van der Waals surface area contributed by atoms with E-state index in [4.69, 9.17) is 5.11 Å². The average molecular weight is 296 g/mol. The fraction of sp³-hybridized carbons (Fsp3) is 0.833. The Bertz CT molecular complexity index is 335. The zero-order valence-corrected chi connectivity index (χ0v) is 7.71. The molecule has 0 fully saturated rings. The molecule has 18 heavy (non-hydrogen) atoms. The van der Waals surface area contributed by atoms with Gasteiger partial charge in [-0.15, -0.1) is 0 Å². The quantitative estimate of drug-likeness (QED) is 0.792. The molecule has 0 aromatic heterocycles. The zero-order chi connectivity index (χ0) is 15.2. The maximum atomic E-state index is 12.4. The Balaban J connectivity index is 5.81. The highest BCUT2D eigenvalue weighted by molar-refractivity contribution is 5.77. The monoisotopic (exact) mass is 296 g/mol. The average Bonchev–Trinajstić information content (AvgIpc) is 2.15. The third-order valence-electron chi connectivity index (χ3n) is 1.75. The van der Waals surface area contributed by atoms with Crippen molar-refractivity contribution in [1.29, 1.82) is 0 Å². The molecule has 0 amide bonds. The Hall–Kier alpha value is -1.23. The van der Waals surface area contributed by atoms with Crippen LogP contribution in [-0.2, 0) is 4.79 Å². The molecule has 0 heterocycles. The minimum atomic E-state index is -7.27. The van der Waals surface area contributed by atoms with E-state index in [0.29, 0.717) is 0 Å². The molecule has 0 unspecified atom stereocenters. The number of hydrogen-bond acceptors (Lipinski definition) is 1. The lowest BCUT2D eigenvalue weighted by Gasteiger charge is -2.34. The third kappa shape index (κ3) is 1.96. The van der Waals surface area contributed by atoms with Crippen LogP contribution >= 0.6 is 0 Å². The van der Waals surface area contributed by atoms with Gasteiger partial charge in [0.25, 0.3) is 0 Å². The molecule has 0 aromatic rings. The van der Waals surface area contributed by atoms with E-state index in [1.165, 1.54) is 0 Å². The van der Waals surface area contributed by atoms with Crippen molar-refractivity contribution < 1.29 is 53.8 Å². The molecule has 0 aliphatic rings. The maximum absolute atomic E-state index is 12.4. The number of aliphatic carboxylic acids is 1. The summed E-state index contributed by atoms with van der Waals surface area (Å²) in [7, 11) is 0. The summed E-state index contributed by atoms with van der Waals surface area (Å²) in [5.41, 5.74) is 0. The Morgan fingerprint density at radius 3 is 1.39 bits per heavy atom. The number of rotatable bonds is 5. The molecule has 0 rings (SSSR count). The zero-order valence-electron chi connectivity index (χ0n) is 7.71. The first-order chi connectivity index (χ1) is 7.64. The van der Waals surface area contributed by atoms with E-state index in [-0.39, 0.29) is 0 Å². The molecule has 0 aromatic carbocycles. The molecule has 0 aliphatic heterocycles. The van der Waals surface area contributed by atoms with Crippen LogP contribution in [0, 0.1) is 0 Å². The van der Waals surface area contributed by atoms with Gasteiger partial charge in [0, 0.05) is 0 Å². The van der Waals surface area contributed by atoms with Crippen LogP contribution in [0.3, 0.4) is 0 Å². The lowest BCUT2D eigenvalue weighted by molar-refractivity contribution is -0.377. The highest BCUT2D eigenvalue weighted by Gasteiger charge is 2.85. The van der Waals surface area contributed by atoms with Gasteiger partial charge in [0.15, 0.2) is 0 Å². The van der Waals surface area contributed by atoms with E-state index in [1.807, 2.05) is 0 Å². The van der Waals surface area contributed by atoms with Gasteiger partial charge < -0.3 is 5.11 Å². The largest absolute Gasteiger partial charge is 0.477 e. The van der Waals surface area contributed by atoms with Gasteiger partial charge in [0.05, 0.1) is 0 Å². The van der Waals surface area contributed by atoms with E-state index in [1.54, 1.807) is 0 Å². The molecule has 0 spiro atoms. The Labute approximate surface area is 91.2 Å². The first-order valence-corrected chi connectivity index (χ1v) is 3.66. The number of halogens is 10. The second-order valence-corrected chi connectivity index (χ2v) is 2.95. The van der Waals surface area contributed by atoms with Crippen molar-refractivity contribution in [3.63, 3.8) is 0 Å². The second kappa shape index (κ2) is 4.16. The summed E-state index contributed by atoms with van der Waals surface area (Å²) in [5.74, 6) is -31.8. The lowest BCUT2D eigenvalue weighted by atomic mass is 9.99. The summed E-state index contributed by atoms with van der Waals surface area (Å²) < 4.78 is 121. The predicted octanol–water partition coefficient (Wildman–Crippen LogP) is 2.88. The number of carboxylic acid groups (broad SMARTS) is 1. The Kier molecular flexibility index (Phi) is 3.87. The second-order valence-electron chi connectivity index (χ2n) is 2.95. The summed E-state index contributed by atoms with van der Waals surface area (Å²) in [4.78, 5) is 9.62. The fourth-order valence-electron chi connectivity index (χ4n) is 0.678. The third-order valence-corrected chi connectivity index (χ3v) is 1.75. The van der Waals surface area contributed by atoms with Gasteiger partial charge in [-0.25, -0.2) is 13.6 Å². The highest BCUT2D eigenvalue weighted by atomic mass is 19.4. The van der Waals surface area contributed by atoms with Crippen molar-refractivity contribution >= 4 is 5.97 Å². The molecule has 0 radical (unpaired) electrons. The molecule has 1 N–H and O–H groups in total. The standard InChI is InChI=1S/C6H2F10O2/c7-1(8)3(9,10)5(13,14)6(15,16)4(11,12)2(17)18/h1H,(H,17,18). The molecule has 12 heteroatoms. The highest BCUT2D eigenvalue weighted by Crippen LogP contribution is 2.54. The molecular formula is C6H2F10O2. The molecule has 108 valence electrons. The number of hydrogen-bond donors (Lipinski definition) is 1. The minimum absolute atomic E-state index is 3.86. The van der Waals surface area contributed by atoms with Crippen LogP contribution in [0.25, 0.3) is 0 Å². The van der Waals surface area contributed by atoms with Gasteiger partial charge >= 0.3 is 36.1 Å². The lowest BCUT2D eigenvalue weighted by Crippen LogP contribution is -2.66. The van der Waals surface area contributed by atoms with Gasteiger partial charge in [-0.1, -0.05) is 0 Å². The van der Waals surface area contributed by atoms with Gasteiger partial charge in [0.1, 0.15) is 0 Å². The minimum Gasteiger partial charge on any atom is -0.477 e. The van der Waals surface area contributed by atoms with Crippen molar-refractivity contribution in [1.82, 2.24) is 0 Å². The van der Waals surface area contributed by atoms with Crippen molar-refractivity contribution in [2.75, 3.05) is 0 Å². The van der Waals surface area contributed by atoms with Crippen LogP contribution in [0.4, 0.5) is 43.9 Å². The van der Waals surface area contributed by atoms with Crippen molar-refractivity contribution in [3.05, 3.63) is 0 Å². The van der Waals surface area contributed by atoms with Crippen LogP contribution in [0.2, 0.25) is 0 Å². The van der Waals surface area contributed by atoms with Gasteiger partial charge in [-0.05, 0) is 0 Å². The van der Waals surface area contributed by atoms with Crippen LogP contribution in [0.5, 0.6) is 0 Å². The topological polar surface area (TPSA) is 37.3 Å². The fourth-order valence-corrected chi connectivity index (χ4v) is 0.678. The molecule has 0 atom stereocenters. The maximum Gasteiger partial charge on any atom is 0.410 e. The van der Waals surface area contributed by atoms with Crippen LogP contribution < -0.4 is 0 Å². The van der Waals surface area contributed by atoms with E-state index in [2.05, 4.69) is 0 Å². The molecule has 0 saturated heterocycles. The summed E-state index contributed by atoms with van der Waals surface area (Å²) in [6, 6.07) is 0. The molecule has 0 saturated carbocycles. The predicted molar refractivity (Wildman–Crippen MR) is 33.4 cm³/mol. The molecule has 2 nitrogen and oxygen atoms in total. The van der Waals surface area contributed by atoms with Crippen LogP contribution in [0.15, 0.2) is 0 Å². The smallest absolute Gasteiger partial charge is 0.410 e. The summed E-state index contributed by atoms with van der Waals surface area (Å²) >= 11 is 0. The van der Waals surface area contributed by atoms with Gasteiger partial charge in [0.2, 0.25) is 0 Å². The number of carbonyl (C=O) groups is 1. The SMILES string of the molecule is O=C(O)C(F)(F)C(F)(F)C(F)(F)C(F)(F)C(F)F. The van der Waals surface area contributed by atoms with E-state index < -0.39 is 36.1 Å². The Morgan fingerprint density at radius 2 is 1.17 bits per heavy atom. The van der Waals surface area contributed by atoms with Crippen LogP contribution in [-0.4, -0.2) is 41.2 Å². The van der Waals surface area contributed by atoms with E-state index in [0.717, 1.165) is 0 Å². The molecule has 0 bridgehead atoms. The number of carboxylic acids is 1. The normalized spacial score (nSPS) is 15.1. The number of alkyl halides is 10. The molecule has 0 aliphatic carbocycles. The first kappa shape index (κ1) is 16.8. The van der Waals surface area contributed by atoms with Gasteiger partial charge in [-0.2, -0.15) is 35.1 Å². The van der Waals surface area contributed by atoms with Crippen molar-refractivity contribution in [2.45, 2.75) is 30.1 Å². The van der Waals surface area contributed by atoms with Crippen molar-refractivity contribution in [2.24, 2.45) is 0 Å². The van der Waals surface area contributed by atoms with E-state index >= 15 is 0 Å². The molecular weight excluding hydrogens is 294 g/mol. The van der Waals surface area contributed by atoms with E-state index in [9.17, 15) is 48.7 Å². The summed E-state index contributed by atoms with van der Waals surface area (Å²) in [6.45, 7) is 0. The van der Waals surface area contributed by atoms with Crippen LogP contribution in [0.1, 0.15) is 0 Å².